The van der Waals surface area contributed by atoms with Crippen LogP contribution in [0.5, 0.6) is 11.5 Å². The molecule has 31 heavy (non-hydrogen) atoms. The van der Waals surface area contributed by atoms with Crippen molar-refractivity contribution >= 4 is 15.9 Å². The summed E-state index contributed by atoms with van der Waals surface area (Å²) in [7, 11) is -3.14. The van der Waals surface area contributed by atoms with Crippen molar-refractivity contribution in [1.82, 2.24) is 14.2 Å². The van der Waals surface area contributed by atoms with Crippen LogP contribution in [0, 0.1) is 19.8 Å². The van der Waals surface area contributed by atoms with E-state index in [9.17, 15) is 13.2 Å². The third-order valence-corrected chi connectivity index (χ3v) is 7.36. The van der Waals surface area contributed by atoms with Gasteiger partial charge in [0.25, 0.3) is 5.91 Å². The molecule has 0 aliphatic carbocycles. The highest BCUT2D eigenvalue weighted by atomic mass is 32.2. The van der Waals surface area contributed by atoms with Crippen LogP contribution in [0.1, 0.15) is 34.6 Å². The number of aryl methyl sites for hydroxylation is 1. The molecule has 4 rings (SSSR count). The van der Waals surface area contributed by atoms with Gasteiger partial charge >= 0.3 is 0 Å². The molecule has 1 aromatic carbocycles. The summed E-state index contributed by atoms with van der Waals surface area (Å²) >= 11 is 0. The topological polar surface area (TPSA) is 89.9 Å². The third-order valence-electron chi connectivity index (χ3n) is 6.05. The number of sulfonamides is 1. The molecule has 1 saturated heterocycles. The maximum atomic E-state index is 12.9. The van der Waals surface area contributed by atoms with Crippen LogP contribution in [0.25, 0.3) is 5.69 Å². The van der Waals surface area contributed by atoms with E-state index in [0.29, 0.717) is 44.2 Å². The lowest BCUT2D eigenvalue weighted by molar-refractivity contribution is 0.0941. The van der Waals surface area contributed by atoms with Gasteiger partial charge in [-0.15, -0.1) is 0 Å². The van der Waals surface area contributed by atoms with E-state index < -0.39 is 10.0 Å². The minimum atomic E-state index is -3.14. The third kappa shape index (κ3) is 4.57. The summed E-state index contributed by atoms with van der Waals surface area (Å²) in [4.78, 5) is 12.9. The number of carbonyl (C=O) groups excluding carboxylic acids is 1. The van der Waals surface area contributed by atoms with Crippen molar-refractivity contribution in [2.75, 3.05) is 39.1 Å². The number of carbonyl (C=O) groups is 1. The predicted molar refractivity (Wildman–Crippen MR) is 118 cm³/mol. The van der Waals surface area contributed by atoms with E-state index in [0.717, 1.165) is 35.7 Å². The van der Waals surface area contributed by atoms with Crippen LogP contribution >= 0.6 is 0 Å². The smallest absolute Gasteiger partial charge is 0.253 e. The molecule has 168 valence electrons. The first-order valence-corrected chi connectivity index (χ1v) is 12.4. The van der Waals surface area contributed by atoms with E-state index in [1.165, 1.54) is 10.6 Å². The van der Waals surface area contributed by atoms with Gasteiger partial charge < -0.3 is 19.4 Å². The summed E-state index contributed by atoms with van der Waals surface area (Å²) in [5.41, 5.74) is 3.38. The van der Waals surface area contributed by atoms with E-state index in [2.05, 4.69) is 5.32 Å². The Labute approximate surface area is 183 Å². The van der Waals surface area contributed by atoms with Crippen LogP contribution < -0.4 is 14.8 Å². The van der Waals surface area contributed by atoms with Crippen molar-refractivity contribution in [1.29, 1.82) is 0 Å². The number of piperidine rings is 1. The first kappa shape index (κ1) is 21.7. The van der Waals surface area contributed by atoms with Crippen LogP contribution in [0.4, 0.5) is 0 Å². The molecule has 8 nitrogen and oxygen atoms in total. The fourth-order valence-corrected chi connectivity index (χ4v) is 5.21. The van der Waals surface area contributed by atoms with Gasteiger partial charge in [-0.2, -0.15) is 0 Å². The van der Waals surface area contributed by atoms with Crippen molar-refractivity contribution < 1.29 is 22.7 Å². The molecular weight excluding hydrogens is 418 g/mol. The second-order valence-corrected chi connectivity index (χ2v) is 10.2. The summed E-state index contributed by atoms with van der Waals surface area (Å²) in [6.45, 7) is 6.55. The number of amides is 1. The average Bonchev–Trinajstić information content (AvgIpc) is 3.05. The highest BCUT2D eigenvalue weighted by molar-refractivity contribution is 7.88. The van der Waals surface area contributed by atoms with Gasteiger partial charge in [-0.1, -0.05) is 0 Å². The van der Waals surface area contributed by atoms with Gasteiger partial charge in [0.15, 0.2) is 11.5 Å². The summed E-state index contributed by atoms with van der Waals surface area (Å²) in [5, 5.41) is 3.04. The lowest BCUT2D eigenvalue weighted by Crippen LogP contribution is -2.41. The van der Waals surface area contributed by atoms with Gasteiger partial charge in [0, 0.05) is 42.8 Å². The van der Waals surface area contributed by atoms with Crippen LogP contribution in [-0.2, 0) is 10.0 Å². The molecule has 0 unspecified atom stereocenters. The maximum absolute atomic E-state index is 12.9. The molecule has 0 bridgehead atoms. The Kier molecular flexibility index (Phi) is 5.98. The second-order valence-electron chi connectivity index (χ2n) is 8.26. The average molecular weight is 448 g/mol. The number of nitrogens with zero attached hydrogens (tertiary/aromatic N) is 2. The van der Waals surface area contributed by atoms with Gasteiger partial charge in [-0.05, 0) is 50.8 Å². The molecule has 2 aliphatic rings. The van der Waals surface area contributed by atoms with Gasteiger partial charge in [-0.25, -0.2) is 12.7 Å². The Bertz CT molecular complexity index is 1080. The molecule has 2 aliphatic heterocycles. The molecular formula is C22H29N3O5S. The highest BCUT2D eigenvalue weighted by Crippen LogP contribution is 2.33. The molecule has 1 N–H and O–H groups in total. The lowest BCUT2D eigenvalue weighted by atomic mass is 9.98. The minimum absolute atomic E-state index is 0.109. The Balaban J connectivity index is 1.43. The largest absolute Gasteiger partial charge is 0.486 e. The van der Waals surface area contributed by atoms with Crippen molar-refractivity contribution in [3.63, 3.8) is 0 Å². The van der Waals surface area contributed by atoms with E-state index in [1.807, 2.05) is 42.7 Å². The Morgan fingerprint density at radius 2 is 1.77 bits per heavy atom. The summed E-state index contributed by atoms with van der Waals surface area (Å²) in [6, 6.07) is 7.69. The van der Waals surface area contributed by atoms with Crippen LogP contribution in [-0.4, -0.2) is 62.3 Å². The van der Waals surface area contributed by atoms with Crippen LogP contribution in [0.15, 0.2) is 24.3 Å². The van der Waals surface area contributed by atoms with Gasteiger partial charge in [0.2, 0.25) is 10.0 Å². The summed E-state index contributed by atoms with van der Waals surface area (Å²) in [6.07, 6.45) is 2.75. The van der Waals surface area contributed by atoms with Crippen LogP contribution in [0.2, 0.25) is 0 Å². The number of nitrogens with one attached hydrogen (secondary N) is 1. The quantitative estimate of drug-likeness (QED) is 0.760. The predicted octanol–water partition coefficient (Wildman–Crippen LogP) is 2.27. The van der Waals surface area contributed by atoms with Crippen LogP contribution in [0.3, 0.4) is 0 Å². The number of fused-ring (bicyclic) bond motifs is 1. The zero-order valence-electron chi connectivity index (χ0n) is 18.2. The van der Waals surface area contributed by atoms with E-state index in [4.69, 9.17) is 9.47 Å². The minimum Gasteiger partial charge on any atom is -0.486 e. The molecule has 1 fully saturated rings. The lowest BCUT2D eigenvalue weighted by Gasteiger charge is -2.30. The van der Waals surface area contributed by atoms with Crippen molar-refractivity contribution in [2.24, 2.45) is 5.92 Å². The fraction of sp³-hybridized carbons (Fsp3) is 0.500. The fourth-order valence-electron chi connectivity index (χ4n) is 4.34. The summed E-state index contributed by atoms with van der Waals surface area (Å²) in [5.74, 6) is 1.62. The molecule has 0 spiro atoms. The summed E-state index contributed by atoms with van der Waals surface area (Å²) < 4.78 is 38.1. The molecule has 1 aromatic heterocycles. The maximum Gasteiger partial charge on any atom is 0.253 e. The first-order chi connectivity index (χ1) is 14.7. The molecule has 0 saturated carbocycles. The normalized spacial score (nSPS) is 17.5. The molecule has 0 atom stereocenters. The standard InChI is InChI=1S/C22H29N3O5S/c1-15-12-19(22(26)23-14-17-6-8-24(9-7-17)31(3,27)28)16(2)25(15)18-4-5-20-21(13-18)30-11-10-29-20/h4-5,12-13,17H,6-11,14H2,1-3H3,(H,23,26). The number of benzene rings is 1. The SMILES string of the molecule is Cc1cc(C(=O)NCC2CCN(S(C)(=O)=O)CC2)c(C)n1-c1ccc2c(c1)OCCO2. The van der Waals surface area contributed by atoms with Gasteiger partial charge in [0.1, 0.15) is 13.2 Å². The monoisotopic (exact) mass is 447 g/mol. The molecule has 9 heteroatoms. The Morgan fingerprint density at radius 3 is 2.45 bits per heavy atom. The Morgan fingerprint density at radius 1 is 1.10 bits per heavy atom. The second kappa shape index (κ2) is 8.55. The Hall–Kier alpha value is -2.52. The van der Waals surface area contributed by atoms with Gasteiger partial charge in [0.05, 0.1) is 11.8 Å². The van der Waals surface area contributed by atoms with E-state index >= 15 is 0 Å². The number of hydrogen-bond acceptors (Lipinski definition) is 5. The molecule has 1 amide bonds. The van der Waals surface area contributed by atoms with Crippen molar-refractivity contribution in [2.45, 2.75) is 26.7 Å². The molecule has 3 heterocycles. The zero-order chi connectivity index (χ0) is 22.2. The van der Waals surface area contributed by atoms with Crippen molar-refractivity contribution in [3.8, 4) is 17.2 Å². The first-order valence-electron chi connectivity index (χ1n) is 10.6. The number of rotatable bonds is 5. The molecule has 2 aromatic rings. The van der Waals surface area contributed by atoms with E-state index in [1.54, 1.807) is 0 Å². The van der Waals surface area contributed by atoms with E-state index in [-0.39, 0.29) is 11.8 Å². The number of ether oxygens (including phenoxy) is 2. The highest BCUT2D eigenvalue weighted by Gasteiger charge is 2.26. The number of hydrogen-bond donors (Lipinski definition) is 1. The number of aromatic nitrogens is 1. The zero-order valence-corrected chi connectivity index (χ0v) is 19.0. The van der Waals surface area contributed by atoms with Crippen molar-refractivity contribution in [3.05, 3.63) is 41.2 Å². The van der Waals surface area contributed by atoms with Gasteiger partial charge in [-0.3, -0.25) is 4.79 Å². The molecule has 0 radical (unpaired) electrons.